The topological polar surface area (TPSA) is 24.5 Å². The van der Waals surface area contributed by atoms with Crippen LogP contribution in [0.3, 0.4) is 0 Å². The summed E-state index contributed by atoms with van der Waals surface area (Å²) in [5.74, 6) is 1.05. The minimum absolute atomic E-state index is 0.377. The van der Waals surface area contributed by atoms with Crippen LogP contribution in [0.25, 0.3) is 0 Å². The van der Waals surface area contributed by atoms with E-state index in [1.165, 1.54) is 24.9 Å². The van der Waals surface area contributed by atoms with Gasteiger partial charge in [0.05, 0.1) is 6.04 Å². The molecule has 0 saturated carbocycles. The second-order valence-electron chi connectivity index (χ2n) is 5.17. The third kappa shape index (κ3) is 2.31. The molecular weight excluding hydrogens is 212 g/mol. The fourth-order valence-corrected chi connectivity index (χ4v) is 2.89. The van der Waals surface area contributed by atoms with Gasteiger partial charge in [-0.25, -0.2) is 0 Å². The van der Waals surface area contributed by atoms with E-state index in [1.807, 2.05) is 6.07 Å². The number of fused-ring (bicyclic) bond motifs is 1. The zero-order valence-electron chi connectivity index (χ0n) is 10.4. The van der Waals surface area contributed by atoms with Gasteiger partial charge in [0.2, 0.25) is 0 Å². The highest BCUT2D eigenvalue weighted by Gasteiger charge is 2.27. The number of hydrogen-bond donors (Lipinski definition) is 1. The van der Waals surface area contributed by atoms with Crippen LogP contribution in [-0.2, 0) is 0 Å². The lowest BCUT2D eigenvalue weighted by molar-refractivity contribution is 0.205. The van der Waals surface area contributed by atoms with E-state index < -0.39 is 0 Å². The highest BCUT2D eigenvalue weighted by atomic mass is 16.5. The summed E-state index contributed by atoms with van der Waals surface area (Å²) in [4.78, 5) is 2.41. The molecule has 0 bridgehead atoms. The summed E-state index contributed by atoms with van der Waals surface area (Å²) in [5, 5.41) is 3.74. The fraction of sp³-hybridized carbons (Fsp3) is 0.571. The molecule has 2 aliphatic heterocycles. The van der Waals surface area contributed by atoms with Crippen LogP contribution in [0.2, 0.25) is 0 Å². The summed E-state index contributed by atoms with van der Waals surface area (Å²) in [6, 6.07) is 9.35. The third-order valence-electron chi connectivity index (χ3n) is 3.76. The Labute approximate surface area is 103 Å². The van der Waals surface area contributed by atoms with Crippen LogP contribution in [0.4, 0.5) is 0 Å². The fourth-order valence-electron chi connectivity index (χ4n) is 2.89. The molecule has 3 heteroatoms. The molecule has 2 heterocycles. The van der Waals surface area contributed by atoms with Gasteiger partial charge in [0.15, 0.2) is 0 Å². The molecule has 0 aromatic heterocycles. The van der Waals surface area contributed by atoms with Gasteiger partial charge >= 0.3 is 0 Å². The van der Waals surface area contributed by atoms with E-state index in [-0.39, 0.29) is 0 Å². The van der Waals surface area contributed by atoms with Crippen molar-refractivity contribution in [2.24, 2.45) is 0 Å². The van der Waals surface area contributed by atoms with Crippen molar-refractivity contribution >= 4 is 0 Å². The molecular formula is C14H20N2O. The molecule has 2 unspecified atom stereocenters. The van der Waals surface area contributed by atoms with Crippen LogP contribution < -0.4 is 10.1 Å². The molecule has 2 atom stereocenters. The van der Waals surface area contributed by atoms with Crippen molar-refractivity contribution < 1.29 is 4.74 Å². The van der Waals surface area contributed by atoms with Crippen LogP contribution in [0.1, 0.15) is 24.4 Å². The number of likely N-dealkylation sites (tertiary alicyclic amines) is 1. The smallest absolute Gasteiger partial charge is 0.124 e. The predicted molar refractivity (Wildman–Crippen MR) is 68.3 cm³/mol. The Balaban J connectivity index is 1.67. The van der Waals surface area contributed by atoms with Crippen molar-refractivity contribution in [3.8, 4) is 5.75 Å². The van der Waals surface area contributed by atoms with Gasteiger partial charge < -0.3 is 15.0 Å². The first kappa shape index (κ1) is 11.1. The summed E-state index contributed by atoms with van der Waals surface area (Å²) in [6.07, 6.45) is 2.58. The zero-order valence-corrected chi connectivity index (χ0v) is 10.4. The lowest BCUT2D eigenvalue weighted by atomic mass is 10.0. The predicted octanol–water partition coefficient (Wildman–Crippen LogP) is 1.80. The van der Waals surface area contributed by atoms with Crippen LogP contribution in [0.15, 0.2) is 24.3 Å². The summed E-state index contributed by atoms with van der Waals surface area (Å²) >= 11 is 0. The van der Waals surface area contributed by atoms with E-state index in [4.69, 9.17) is 4.74 Å². The second-order valence-corrected chi connectivity index (χ2v) is 5.17. The number of para-hydroxylation sites is 1. The summed E-state index contributed by atoms with van der Waals surface area (Å²) in [5.41, 5.74) is 1.32. The number of nitrogens with one attached hydrogen (secondary N) is 1. The van der Waals surface area contributed by atoms with Gasteiger partial charge in [-0.05, 0) is 32.5 Å². The third-order valence-corrected chi connectivity index (χ3v) is 3.76. The summed E-state index contributed by atoms with van der Waals surface area (Å²) in [7, 11) is 2.20. The van der Waals surface area contributed by atoms with Crippen molar-refractivity contribution in [3.05, 3.63) is 29.8 Å². The SMILES string of the molecule is CN1CCCC(NC2COc3ccccc32)C1. The van der Waals surface area contributed by atoms with Gasteiger partial charge in [0.1, 0.15) is 12.4 Å². The number of rotatable bonds is 2. The molecule has 0 aliphatic carbocycles. The Morgan fingerprint density at radius 3 is 3.12 bits per heavy atom. The molecule has 1 saturated heterocycles. The lowest BCUT2D eigenvalue weighted by Gasteiger charge is -2.32. The van der Waals surface area contributed by atoms with E-state index in [0.29, 0.717) is 12.1 Å². The van der Waals surface area contributed by atoms with E-state index in [0.717, 1.165) is 18.9 Å². The average molecular weight is 232 g/mol. The first-order chi connectivity index (χ1) is 8.33. The Bertz CT molecular complexity index is 394. The standard InChI is InChI=1S/C14H20N2O/c1-16-8-4-5-11(9-16)15-13-10-17-14-7-3-2-6-12(13)14/h2-3,6-7,11,13,15H,4-5,8-10H2,1H3. The molecule has 0 radical (unpaired) electrons. The number of ether oxygens (including phenoxy) is 1. The minimum atomic E-state index is 0.377. The van der Waals surface area contributed by atoms with Gasteiger partial charge in [-0.15, -0.1) is 0 Å². The molecule has 3 rings (SSSR count). The number of hydrogen-bond acceptors (Lipinski definition) is 3. The maximum absolute atomic E-state index is 5.70. The highest BCUT2D eigenvalue weighted by molar-refractivity contribution is 5.39. The van der Waals surface area contributed by atoms with E-state index >= 15 is 0 Å². The quantitative estimate of drug-likeness (QED) is 0.841. The van der Waals surface area contributed by atoms with Crippen molar-refractivity contribution in [2.75, 3.05) is 26.7 Å². The van der Waals surface area contributed by atoms with Gasteiger partial charge in [-0.2, -0.15) is 0 Å². The molecule has 2 aliphatic rings. The molecule has 3 nitrogen and oxygen atoms in total. The normalized spacial score (nSPS) is 28.8. The Kier molecular flexibility index (Phi) is 3.04. The maximum atomic E-state index is 5.70. The van der Waals surface area contributed by atoms with Crippen LogP contribution in [-0.4, -0.2) is 37.7 Å². The summed E-state index contributed by atoms with van der Waals surface area (Å²) in [6.45, 7) is 3.16. The monoisotopic (exact) mass is 232 g/mol. The molecule has 0 spiro atoms. The first-order valence-electron chi connectivity index (χ1n) is 6.49. The van der Waals surface area contributed by atoms with Crippen molar-refractivity contribution in [1.29, 1.82) is 0 Å². The zero-order chi connectivity index (χ0) is 11.7. The molecule has 17 heavy (non-hydrogen) atoms. The largest absolute Gasteiger partial charge is 0.491 e. The highest BCUT2D eigenvalue weighted by Crippen LogP contribution is 2.32. The molecule has 1 fully saturated rings. The number of nitrogens with zero attached hydrogens (tertiary/aromatic N) is 1. The Morgan fingerprint density at radius 1 is 1.35 bits per heavy atom. The minimum Gasteiger partial charge on any atom is -0.491 e. The molecule has 0 amide bonds. The van der Waals surface area contributed by atoms with Gasteiger partial charge in [-0.3, -0.25) is 0 Å². The molecule has 1 aromatic carbocycles. The first-order valence-corrected chi connectivity index (χ1v) is 6.49. The number of benzene rings is 1. The number of likely N-dealkylation sites (N-methyl/N-ethyl adjacent to an activating group) is 1. The Hall–Kier alpha value is -1.06. The maximum Gasteiger partial charge on any atom is 0.124 e. The van der Waals surface area contributed by atoms with E-state index in [2.05, 4.69) is 35.5 Å². The average Bonchev–Trinajstić information content (AvgIpc) is 2.73. The van der Waals surface area contributed by atoms with Crippen molar-refractivity contribution in [2.45, 2.75) is 24.9 Å². The van der Waals surface area contributed by atoms with E-state index in [9.17, 15) is 0 Å². The summed E-state index contributed by atoms with van der Waals surface area (Å²) < 4.78 is 5.70. The van der Waals surface area contributed by atoms with Gasteiger partial charge in [0, 0.05) is 18.2 Å². The molecule has 1 N–H and O–H groups in total. The lowest BCUT2D eigenvalue weighted by Crippen LogP contribution is -2.45. The van der Waals surface area contributed by atoms with Crippen molar-refractivity contribution in [1.82, 2.24) is 10.2 Å². The van der Waals surface area contributed by atoms with Gasteiger partial charge in [0.25, 0.3) is 0 Å². The van der Waals surface area contributed by atoms with Crippen LogP contribution >= 0.6 is 0 Å². The second kappa shape index (κ2) is 4.67. The Morgan fingerprint density at radius 2 is 2.24 bits per heavy atom. The molecule has 1 aromatic rings. The van der Waals surface area contributed by atoms with E-state index in [1.54, 1.807) is 0 Å². The van der Waals surface area contributed by atoms with Crippen LogP contribution in [0.5, 0.6) is 5.75 Å². The van der Waals surface area contributed by atoms with Crippen molar-refractivity contribution in [3.63, 3.8) is 0 Å². The van der Waals surface area contributed by atoms with Crippen LogP contribution in [0, 0.1) is 0 Å². The molecule has 92 valence electrons. The van der Waals surface area contributed by atoms with Gasteiger partial charge in [-0.1, -0.05) is 18.2 Å². The number of piperidine rings is 1.